The zero-order valence-corrected chi connectivity index (χ0v) is 19.0. The first-order valence-corrected chi connectivity index (χ1v) is 10.7. The van der Waals surface area contributed by atoms with Gasteiger partial charge in [0.1, 0.15) is 12.2 Å². The number of carbonyl (C=O) groups excluding carboxylic acids is 1. The van der Waals surface area contributed by atoms with Gasteiger partial charge in [0.05, 0.1) is 22.7 Å². The molecule has 0 saturated heterocycles. The van der Waals surface area contributed by atoms with E-state index in [1.165, 1.54) is 24.3 Å². The second kappa shape index (κ2) is 8.87. The number of aromatic nitrogens is 2. The van der Waals surface area contributed by atoms with Gasteiger partial charge in [-0.15, -0.1) is 8.78 Å². The van der Waals surface area contributed by atoms with Crippen molar-refractivity contribution < 1.29 is 40.6 Å². The predicted octanol–water partition coefficient (Wildman–Crippen LogP) is 4.59. The minimum Gasteiger partial charge on any atom is -0.452 e. The van der Waals surface area contributed by atoms with Crippen LogP contribution in [0.15, 0.2) is 51.7 Å². The van der Waals surface area contributed by atoms with Crippen molar-refractivity contribution in [2.75, 3.05) is 11.9 Å². The number of amides is 1. The molecule has 0 aliphatic carbocycles. The third-order valence-corrected chi connectivity index (χ3v) is 5.64. The largest absolute Gasteiger partial charge is 0.586 e. The monoisotopic (exact) mass is 532 g/mol. The van der Waals surface area contributed by atoms with E-state index < -0.39 is 59.5 Å². The maximum Gasteiger partial charge on any atom is 0.586 e. The summed E-state index contributed by atoms with van der Waals surface area (Å²) < 4.78 is 82.4. The molecule has 1 aliphatic heterocycles. The summed E-state index contributed by atoms with van der Waals surface area (Å²) >= 11 is 0. The first-order valence-electron chi connectivity index (χ1n) is 10.7. The minimum absolute atomic E-state index is 0.101. The zero-order chi connectivity index (χ0) is 27.4. The quantitative estimate of drug-likeness (QED) is 0.346. The Morgan fingerprint density at radius 2 is 1.97 bits per heavy atom. The molecule has 14 heteroatoms. The smallest absolute Gasteiger partial charge is 0.452 e. The first kappa shape index (κ1) is 24.8. The van der Waals surface area contributed by atoms with E-state index in [1.807, 2.05) is 6.07 Å². The molecule has 0 N–H and O–H groups in total. The summed E-state index contributed by atoms with van der Waals surface area (Å²) in [4.78, 5) is 26.8. The normalized spacial score (nSPS) is 13.6. The molecule has 2 aromatic heterocycles. The van der Waals surface area contributed by atoms with Crippen molar-refractivity contribution in [3.63, 3.8) is 0 Å². The number of nitrogens with zero attached hydrogens (tertiary/aromatic N) is 4. The summed E-state index contributed by atoms with van der Waals surface area (Å²) in [6.45, 7) is -0.796. The molecular weight excluding hydrogens is 519 g/mol. The highest BCUT2D eigenvalue weighted by molar-refractivity contribution is 5.94. The topological polar surface area (TPSA) is 111 Å². The zero-order valence-electron chi connectivity index (χ0n) is 19.0. The molecule has 3 heterocycles. The van der Waals surface area contributed by atoms with E-state index in [1.54, 1.807) is 0 Å². The van der Waals surface area contributed by atoms with Gasteiger partial charge in [-0.1, -0.05) is 12.1 Å². The first-order chi connectivity index (χ1) is 18.0. The van der Waals surface area contributed by atoms with Crippen molar-refractivity contribution in [2.24, 2.45) is 0 Å². The summed E-state index contributed by atoms with van der Waals surface area (Å²) in [7, 11) is 1.12. The lowest BCUT2D eigenvalue weighted by atomic mass is 10.1. The SMILES string of the molecule is CN(C(=O)Cn1nc(-c2cccc(C#N)c2)c2oc(C(F)F)cc2c1=O)c1ccc2c(c1F)OC(F)(F)O2. The molecule has 38 heavy (non-hydrogen) atoms. The Bertz CT molecular complexity index is 1710. The third kappa shape index (κ3) is 4.17. The Balaban J connectivity index is 1.56. The van der Waals surface area contributed by atoms with Crippen LogP contribution >= 0.6 is 0 Å². The summed E-state index contributed by atoms with van der Waals surface area (Å²) in [5, 5.41) is 13.0. The summed E-state index contributed by atoms with van der Waals surface area (Å²) in [6.07, 6.45) is -7.14. The standard InChI is InChI=1S/C24H13F5N4O5/c1-32(14-5-6-15-21(18(14)25)38-24(28,29)37-15)17(34)10-33-23(35)13-8-16(22(26)27)36-20(13)19(31-33)12-4-2-3-11(7-12)9-30/h2-8,22H,10H2,1H3. The molecule has 0 atom stereocenters. The van der Waals surface area contributed by atoms with Gasteiger partial charge in [-0.3, -0.25) is 9.59 Å². The average molecular weight is 532 g/mol. The number of alkyl halides is 4. The molecule has 0 bridgehead atoms. The predicted molar refractivity (Wildman–Crippen MR) is 119 cm³/mol. The van der Waals surface area contributed by atoms with Gasteiger partial charge in [0.15, 0.2) is 22.9 Å². The van der Waals surface area contributed by atoms with E-state index in [0.717, 1.165) is 30.1 Å². The highest BCUT2D eigenvalue weighted by atomic mass is 19.3. The van der Waals surface area contributed by atoms with Crippen molar-refractivity contribution in [1.29, 1.82) is 5.26 Å². The highest BCUT2D eigenvalue weighted by Crippen LogP contribution is 2.45. The Kier molecular flexibility index (Phi) is 5.78. The summed E-state index contributed by atoms with van der Waals surface area (Å²) in [5.41, 5.74) is -1.36. The Hall–Kier alpha value is -4.93. The van der Waals surface area contributed by atoms with E-state index in [-0.39, 0.29) is 27.8 Å². The molecule has 0 spiro atoms. The molecule has 4 aromatic rings. The van der Waals surface area contributed by atoms with Crippen molar-refractivity contribution in [3.05, 3.63) is 70.0 Å². The molecule has 194 valence electrons. The Labute approximate surface area is 208 Å². The lowest BCUT2D eigenvalue weighted by Gasteiger charge is -2.19. The average Bonchev–Trinajstić information content (AvgIpc) is 3.47. The van der Waals surface area contributed by atoms with Crippen LogP contribution in [0, 0.1) is 17.1 Å². The van der Waals surface area contributed by atoms with Gasteiger partial charge in [0, 0.05) is 12.6 Å². The molecule has 0 radical (unpaired) electrons. The Morgan fingerprint density at radius 1 is 1.21 bits per heavy atom. The lowest BCUT2D eigenvalue weighted by molar-refractivity contribution is -0.287. The van der Waals surface area contributed by atoms with Gasteiger partial charge < -0.3 is 18.8 Å². The molecule has 0 fully saturated rings. The Morgan fingerprint density at radius 3 is 2.68 bits per heavy atom. The lowest BCUT2D eigenvalue weighted by Crippen LogP contribution is -2.35. The number of ether oxygens (including phenoxy) is 2. The molecule has 5 rings (SSSR count). The van der Waals surface area contributed by atoms with Crippen molar-refractivity contribution in [3.8, 4) is 28.8 Å². The van der Waals surface area contributed by atoms with Crippen LogP contribution in [0.25, 0.3) is 22.2 Å². The number of fused-ring (bicyclic) bond motifs is 2. The fourth-order valence-corrected chi connectivity index (χ4v) is 3.83. The van der Waals surface area contributed by atoms with Crippen LogP contribution in [-0.2, 0) is 11.3 Å². The van der Waals surface area contributed by atoms with E-state index in [2.05, 4.69) is 14.6 Å². The minimum atomic E-state index is -4.09. The fourth-order valence-electron chi connectivity index (χ4n) is 3.83. The molecular formula is C24H13F5N4O5. The van der Waals surface area contributed by atoms with Crippen LogP contribution in [0.4, 0.5) is 27.6 Å². The fraction of sp³-hybridized carbons (Fsp3) is 0.167. The van der Waals surface area contributed by atoms with Crippen molar-refractivity contribution in [1.82, 2.24) is 9.78 Å². The second-order valence-electron chi connectivity index (χ2n) is 8.04. The molecule has 1 aliphatic rings. The van der Waals surface area contributed by atoms with Gasteiger partial charge >= 0.3 is 6.29 Å². The van der Waals surface area contributed by atoms with Gasteiger partial charge in [0.2, 0.25) is 11.7 Å². The molecule has 1 amide bonds. The maximum atomic E-state index is 14.9. The molecule has 0 unspecified atom stereocenters. The van der Waals surface area contributed by atoms with Crippen molar-refractivity contribution in [2.45, 2.75) is 19.3 Å². The second-order valence-corrected chi connectivity index (χ2v) is 8.04. The van der Waals surface area contributed by atoms with Crippen LogP contribution in [-0.4, -0.2) is 29.0 Å². The number of nitriles is 1. The van der Waals surface area contributed by atoms with Crippen LogP contribution in [0.3, 0.4) is 0 Å². The number of carbonyl (C=O) groups is 1. The van der Waals surface area contributed by atoms with Gasteiger partial charge in [-0.25, -0.2) is 17.9 Å². The number of rotatable bonds is 5. The van der Waals surface area contributed by atoms with Crippen LogP contribution in [0.5, 0.6) is 11.5 Å². The van der Waals surface area contributed by atoms with Crippen LogP contribution in [0.1, 0.15) is 17.7 Å². The van der Waals surface area contributed by atoms with Crippen LogP contribution in [0.2, 0.25) is 0 Å². The van der Waals surface area contributed by atoms with Gasteiger partial charge in [-0.05, 0) is 30.3 Å². The van der Waals surface area contributed by atoms with E-state index >= 15 is 0 Å². The maximum absolute atomic E-state index is 14.9. The number of halogens is 5. The van der Waals surface area contributed by atoms with Gasteiger partial charge in [-0.2, -0.15) is 10.4 Å². The summed E-state index contributed by atoms with van der Waals surface area (Å²) in [5.74, 6) is -4.51. The number of hydrogen-bond acceptors (Lipinski definition) is 7. The van der Waals surface area contributed by atoms with E-state index in [0.29, 0.717) is 4.68 Å². The van der Waals surface area contributed by atoms with Gasteiger partial charge in [0.25, 0.3) is 12.0 Å². The third-order valence-electron chi connectivity index (χ3n) is 5.64. The van der Waals surface area contributed by atoms with Crippen LogP contribution < -0.4 is 19.9 Å². The van der Waals surface area contributed by atoms with Crippen molar-refractivity contribution >= 4 is 22.6 Å². The number of hydrogen-bond donors (Lipinski definition) is 0. The number of anilines is 1. The molecule has 2 aromatic carbocycles. The molecule has 9 nitrogen and oxygen atoms in total. The van der Waals surface area contributed by atoms with E-state index in [4.69, 9.17) is 4.42 Å². The number of likely N-dealkylation sites (N-methyl/N-ethyl adjacent to an activating group) is 1. The number of benzene rings is 2. The number of furan rings is 1. The molecule has 0 saturated carbocycles. The highest BCUT2D eigenvalue weighted by Gasteiger charge is 2.45. The summed E-state index contributed by atoms with van der Waals surface area (Å²) in [6, 6.07) is 10.6. The van der Waals surface area contributed by atoms with E-state index in [9.17, 15) is 36.8 Å².